The van der Waals surface area contributed by atoms with Gasteiger partial charge in [-0.2, -0.15) is 13.2 Å². The van der Waals surface area contributed by atoms with Crippen LogP contribution in [0.15, 0.2) is 58.3 Å². The van der Waals surface area contributed by atoms with Crippen LogP contribution in [0.25, 0.3) is 11.3 Å². The Balaban J connectivity index is 1.52. The number of rotatable bonds is 6. The molecule has 1 aliphatic heterocycles. The molecule has 2 aromatic carbocycles. The number of benzene rings is 2. The molecule has 0 spiro atoms. The zero-order valence-electron chi connectivity index (χ0n) is 20.4. The molecule has 1 aliphatic rings. The average Bonchev–Trinajstić information content (AvgIpc) is 3.48. The minimum absolute atomic E-state index is 0.0175. The van der Waals surface area contributed by atoms with E-state index in [4.69, 9.17) is 9.47 Å². The molecule has 0 saturated heterocycles. The van der Waals surface area contributed by atoms with Gasteiger partial charge in [0.15, 0.2) is 5.13 Å². The Kier molecular flexibility index (Phi) is 6.64. The number of alkyl halides is 3. The summed E-state index contributed by atoms with van der Waals surface area (Å²) in [7, 11) is -3.93. The number of fused-ring (bicyclic) bond motifs is 1. The molecule has 0 aliphatic carbocycles. The van der Waals surface area contributed by atoms with E-state index in [1.54, 1.807) is 23.8 Å². The van der Waals surface area contributed by atoms with Crippen molar-refractivity contribution in [3.05, 3.63) is 69.5 Å². The Morgan fingerprint density at radius 1 is 1.16 bits per heavy atom. The molecule has 200 valence electrons. The Bertz CT molecular complexity index is 1580. The fourth-order valence-corrected chi connectivity index (χ4v) is 6.55. The summed E-state index contributed by atoms with van der Waals surface area (Å²) in [4.78, 5) is 8.31. The molecule has 0 radical (unpaired) electrons. The summed E-state index contributed by atoms with van der Waals surface area (Å²) in [5.41, 5.74) is -0.359. The lowest BCUT2D eigenvalue weighted by atomic mass is 9.91. The van der Waals surface area contributed by atoms with Crippen LogP contribution in [0, 0.1) is 6.92 Å². The number of aryl methyl sites for hydroxylation is 1. The van der Waals surface area contributed by atoms with E-state index in [0.29, 0.717) is 28.4 Å². The average molecular weight is 582 g/mol. The van der Waals surface area contributed by atoms with Crippen molar-refractivity contribution in [3.63, 3.8) is 0 Å². The van der Waals surface area contributed by atoms with Crippen LogP contribution in [0.4, 0.5) is 18.3 Å². The van der Waals surface area contributed by atoms with E-state index >= 15 is 0 Å². The van der Waals surface area contributed by atoms with Gasteiger partial charge in [-0.3, -0.25) is 4.72 Å². The highest BCUT2D eigenvalue weighted by Crippen LogP contribution is 2.45. The van der Waals surface area contributed by atoms with Crippen molar-refractivity contribution in [1.82, 2.24) is 9.97 Å². The van der Waals surface area contributed by atoms with Crippen molar-refractivity contribution in [2.24, 2.45) is 0 Å². The number of hydrogen-bond acceptors (Lipinski definition) is 8. The van der Waals surface area contributed by atoms with Gasteiger partial charge >= 0.3 is 6.18 Å². The van der Waals surface area contributed by atoms with Gasteiger partial charge in [0.1, 0.15) is 23.2 Å². The van der Waals surface area contributed by atoms with E-state index in [-0.39, 0.29) is 21.3 Å². The number of nitrogens with one attached hydrogen (secondary N) is 1. The first-order valence-corrected chi connectivity index (χ1v) is 14.6. The molecule has 4 aromatic rings. The predicted octanol–water partition coefficient (Wildman–Crippen LogP) is 7.08. The second-order valence-electron chi connectivity index (χ2n) is 9.28. The maximum Gasteiger partial charge on any atom is 0.416 e. The number of nitrogens with zero attached hydrogens (tertiary/aromatic N) is 2. The molecule has 0 bridgehead atoms. The van der Waals surface area contributed by atoms with E-state index in [1.165, 1.54) is 35.7 Å². The highest BCUT2D eigenvalue weighted by atomic mass is 32.2. The summed E-state index contributed by atoms with van der Waals surface area (Å²) >= 11 is 2.48. The van der Waals surface area contributed by atoms with Crippen LogP contribution in [-0.4, -0.2) is 24.0 Å². The largest absolute Gasteiger partial charge is 0.487 e. The van der Waals surface area contributed by atoms with E-state index < -0.39 is 33.5 Å². The number of sulfonamides is 1. The second-order valence-corrected chi connectivity index (χ2v) is 12.9. The topological polar surface area (TPSA) is 90.4 Å². The summed E-state index contributed by atoms with van der Waals surface area (Å²) in [6.45, 7) is 5.44. The zero-order chi connectivity index (χ0) is 27.3. The number of anilines is 1. The van der Waals surface area contributed by atoms with E-state index in [9.17, 15) is 21.6 Å². The third-order valence-corrected chi connectivity index (χ3v) is 8.76. The number of ether oxygens (including phenoxy) is 2. The summed E-state index contributed by atoms with van der Waals surface area (Å²) in [5, 5.41) is 4.28. The maximum absolute atomic E-state index is 13.5. The van der Waals surface area contributed by atoms with Gasteiger partial charge in [0, 0.05) is 40.6 Å². The van der Waals surface area contributed by atoms with Crippen LogP contribution in [0.2, 0.25) is 0 Å². The van der Waals surface area contributed by atoms with Crippen molar-refractivity contribution in [1.29, 1.82) is 0 Å². The standard InChI is InChI=1S/C25H22F3N3O4S3/c1-14-30-19(13-37-14)18-10-15(25(26,27)28)4-7-20(18)34-22-12-24(2,3)35-21-11-16(5-6-17(21)22)38(32,33)31-23-29-8-9-36-23/h4-11,13,22H,12H2,1-3H3,(H,29,31). The van der Waals surface area contributed by atoms with Crippen LogP contribution < -0.4 is 14.2 Å². The van der Waals surface area contributed by atoms with Crippen LogP contribution in [0.5, 0.6) is 11.5 Å². The van der Waals surface area contributed by atoms with E-state index in [0.717, 1.165) is 23.5 Å². The molecule has 0 saturated carbocycles. The normalized spacial score (nSPS) is 16.9. The lowest BCUT2D eigenvalue weighted by Crippen LogP contribution is -2.36. The van der Waals surface area contributed by atoms with Gasteiger partial charge in [-0.1, -0.05) is 6.07 Å². The molecule has 7 nitrogen and oxygen atoms in total. The Labute approximate surface area is 225 Å². The maximum atomic E-state index is 13.5. The van der Waals surface area contributed by atoms with Gasteiger partial charge < -0.3 is 9.47 Å². The van der Waals surface area contributed by atoms with E-state index in [2.05, 4.69) is 14.7 Å². The molecule has 0 amide bonds. The zero-order valence-corrected chi connectivity index (χ0v) is 22.8. The quantitative estimate of drug-likeness (QED) is 0.262. The fourth-order valence-electron chi connectivity index (χ4n) is 4.13. The highest BCUT2D eigenvalue weighted by molar-refractivity contribution is 7.93. The smallest absolute Gasteiger partial charge is 0.416 e. The third-order valence-electron chi connectivity index (χ3n) is 5.83. The number of aromatic nitrogens is 2. The molecule has 1 N–H and O–H groups in total. The molecule has 3 heterocycles. The monoisotopic (exact) mass is 581 g/mol. The lowest BCUT2D eigenvalue weighted by molar-refractivity contribution is -0.137. The number of hydrogen-bond donors (Lipinski definition) is 1. The molecule has 38 heavy (non-hydrogen) atoms. The van der Waals surface area contributed by atoms with Gasteiger partial charge in [0.2, 0.25) is 0 Å². The van der Waals surface area contributed by atoms with Crippen molar-refractivity contribution in [2.75, 3.05) is 4.72 Å². The molecule has 1 unspecified atom stereocenters. The Morgan fingerprint density at radius 2 is 1.95 bits per heavy atom. The van der Waals surface area contributed by atoms with Crippen molar-refractivity contribution in [3.8, 4) is 22.8 Å². The molecular formula is C25H22F3N3O4S3. The molecule has 1 atom stereocenters. The van der Waals surface area contributed by atoms with Crippen molar-refractivity contribution in [2.45, 2.75) is 50.0 Å². The number of thiazole rings is 2. The Morgan fingerprint density at radius 3 is 2.61 bits per heavy atom. The first-order chi connectivity index (χ1) is 17.8. The van der Waals surface area contributed by atoms with E-state index in [1.807, 2.05) is 13.8 Å². The summed E-state index contributed by atoms with van der Waals surface area (Å²) < 4.78 is 81.2. The first kappa shape index (κ1) is 26.4. The SMILES string of the molecule is Cc1nc(-c2cc(C(F)(F)F)ccc2OC2CC(C)(C)Oc3cc(S(=O)(=O)Nc4nccs4)ccc32)cs1. The molecule has 13 heteroatoms. The molecular weight excluding hydrogens is 559 g/mol. The van der Waals surface area contributed by atoms with Gasteiger partial charge in [-0.25, -0.2) is 18.4 Å². The van der Waals surface area contributed by atoms with Gasteiger partial charge in [-0.15, -0.1) is 22.7 Å². The molecule has 2 aromatic heterocycles. The Hall–Kier alpha value is -3.16. The summed E-state index contributed by atoms with van der Waals surface area (Å²) in [5.74, 6) is 0.547. The van der Waals surface area contributed by atoms with Crippen LogP contribution in [-0.2, 0) is 16.2 Å². The summed E-state index contributed by atoms with van der Waals surface area (Å²) in [6.07, 6.45) is -3.28. The number of halogens is 3. The van der Waals surface area contributed by atoms with Gasteiger partial charge in [0.05, 0.1) is 21.2 Å². The van der Waals surface area contributed by atoms with Crippen molar-refractivity contribution >= 4 is 37.8 Å². The van der Waals surface area contributed by atoms with Gasteiger partial charge in [0.25, 0.3) is 10.0 Å². The lowest BCUT2D eigenvalue weighted by Gasteiger charge is -2.38. The highest BCUT2D eigenvalue weighted by Gasteiger charge is 2.37. The van der Waals surface area contributed by atoms with Crippen molar-refractivity contribution < 1.29 is 31.1 Å². The first-order valence-electron chi connectivity index (χ1n) is 11.4. The van der Waals surface area contributed by atoms with Crippen LogP contribution in [0.3, 0.4) is 0 Å². The fraction of sp³-hybridized carbons (Fsp3) is 0.280. The molecule has 0 fully saturated rings. The molecule has 5 rings (SSSR count). The minimum Gasteiger partial charge on any atom is -0.487 e. The second kappa shape index (κ2) is 9.54. The summed E-state index contributed by atoms with van der Waals surface area (Å²) in [6, 6.07) is 7.76. The van der Waals surface area contributed by atoms with Crippen LogP contribution >= 0.6 is 22.7 Å². The van der Waals surface area contributed by atoms with Crippen LogP contribution in [0.1, 0.15) is 42.5 Å². The third kappa shape index (κ3) is 5.49. The predicted molar refractivity (Wildman–Crippen MR) is 139 cm³/mol. The van der Waals surface area contributed by atoms with Gasteiger partial charge in [-0.05, 0) is 45.0 Å². The minimum atomic E-state index is -4.53.